The molecule has 0 heterocycles. The summed E-state index contributed by atoms with van der Waals surface area (Å²) in [6, 6.07) is 4.61. The molecule has 2 aromatic rings. The molecule has 104 valence electrons. The van der Waals surface area contributed by atoms with Crippen LogP contribution in [0.2, 0.25) is 0 Å². The van der Waals surface area contributed by atoms with Gasteiger partial charge in [-0.3, -0.25) is 4.79 Å². The van der Waals surface area contributed by atoms with Gasteiger partial charge in [-0.2, -0.15) is 0 Å². The first-order valence-corrected chi connectivity index (χ1v) is 5.49. The molecule has 0 aliphatic heterocycles. The molecule has 7 heteroatoms. The zero-order chi connectivity index (χ0) is 14.9. The Morgan fingerprint density at radius 2 is 1.60 bits per heavy atom. The highest BCUT2D eigenvalue weighted by atomic mass is 19.1. The van der Waals surface area contributed by atoms with Gasteiger partial charge in [-0.15, -0.1) is 0 Å². The molecular formula is C13H10F3N3O. The number of amides is 1. The van der Waals surface area contributed by atoms with E-state index in [1.54, 1.807) is 0 Å². The van der Waals surface area contributed by atoms with E-state index in [-0.39, 0.29) is 22.6 Å². The van der Waals surface area contributed by atoms with Gasteiger partial charge in [0.2, 0.25) is 0 Å². The number of carbonyl (C=O) groups excluding carboxylic acids is 1. The Hall–Kier alpha value is -2.70. The second-order valence-electron chi connectivity index (χ2n) is 4.07. The Morgan fingerprint density at radius 3 is 2.15 bits per heavy atom. The van der Waals surface area contributed by atoms with Crippen molar-refractivity contribution in [3.05, 3.63) is 53.3 Å². The third-order valence-corrected chi connectivity index (χ3v) is 2.55. The van der Waals surface area contributed by atoms with Crippen molar-refractivity contribution in [1.82, 2.24) is 0 Å². The molecule has 0 saturated heterocycles. The van der Waals surface area contributed by atoms with Crippen LogP contribution in [-0.2, 0) is 0 Å². The monoisotopic (exact) mass is 281 g/mol. The second-order valence-corrected chi connectivity index (χ2v) is 4.07. The molecule has 2 rings (SSSR count). The lowest BCUT2D eigenvalue weighted by molar-refractivity contribution is 0.100. The Balaban J connectivity index is 2.42. The Kier molecular flexibility index (Phi) is 3.51. The van der Waals surface area contributed by atoms with Crippen LogP contribution in [0.3, 0.4) is 0 Å². The minimum Gasteiger partial charge on any atom is -0.398 e. The molecule has 1 amide bonds. The summed E-state index contributed by atoms with van der Waals surface area (Å²) in [5, 5.41) is 2.46. The predicted octanol–water partition coefficient (Wildman–Crippen LogP) is 2.53. The van der Waals surface area contributed by atoms with Gasteiger partial charge in [0.05, 0.1) is 11.3 Å². The van der Waals surface area contributed by atoms with E-state index >= 15 is 0 Å². The van der Waals surface area contributed by atoms with Crippen molar-refractivity contribution in [2.45, 2.75) is 0 Å². The molecule has 20 heavy (non-hydrogen) atoms. The predicted molar refractivity (Wildman–Crippen MR) is 69.0 cm³/mol. The molecule has 0 aliphatic rings. The number of nitrogens with two attached hydrogens (primary N) is 2. The molecule has 0 aliphatic carbocycles. The van der Waals surface area contributed by atoms with Gasteiger partial charge in [0, 0.05) is 17.4 Å². The van der Waals surface area contributed by atoms with Crippen molar-refractivity contribution < 1.29 is 18.0 Å². The summed E-state index contributed by atoms with van der Waals surface area (Å²) in [4.78, 5) is 11.1. The van der Waals surface area contributed by atoms with E-state index in [1.807, 2.05) is 0 Å². The second kappa shape index (κ2) is 5.12. The highest BCUT2D eigenvalue weighted by Gasteiger charge is 2.12. The molecular weight excluding hydrogens is 271 g/mol. The highest BCUT2D eigenvalue weighted by molar-refractivity contribution is 5.99. The molecule has 0 bridgehead atoms. The van der Waals surface area contributed by atoms with Crippen LogP contribution in [0.15, 0.2) is 30.3 Å². The van der Waals surface area contributed by atoms with Gasteiger partial charge >= 0.3 is 0 Å². The third-order valence-electron chi connectivity index (χ3n) is 2.55. The fourth-order valence-corrected chi connectivity index (χ4v) is 1.68. The first-order valence-electron chi connectivity index (χ1n) is 5.49. The normalized spacial score (nSPS) is 10.3. The van der Waals surface area contributed by atoms with Crippen LogP contribution in [0, 0.1) is 17.5 Å². The first kappa shape index (κ1) is 13.7. The number of hydrogen-bond donors (Lipinski definition) is 3. The number of primary amides is 1. The van der Waals surface area contributed by atoms with Crippen molar-refractivity contribution in [3.8, 4) is 0 Å². The quantitative estimate of drug-likeness (QED) is 0.756. The average molecular weight is 281 g/mol. The minimum atomic E-state index is -0.837. The first-order chi connectivity index (χ1) is 9.36. The number of nitrogen functional groups attached to an aromatic ring is 1. The largest absolute Gasteiger partial charge is 0.398 e. The number of rotatable bonds is 3. The lowest BCUT2D eigenvalue weighted by Crippen LogP contribution is -2.14. The van der Waals surface area contributed by atoms with Crippen molar-refractivity contribution >= 4 is 23.0 Å². The van der Waals surface area contributed by atoms with Gasteiger partial charge in [-0.1, -0.05) is 0 Å². The molecule has 0 atom stereocenters. The number of carbonyl (C=O) groups is 1. The van der Waals surface area contributed by atoms with Gasteiger partial charge in [-0.25, -0.2) is 13.2 Å². The van der Waals surface area contributed by atoms with Crippen LogP contribution in [-0.4, -0.2) is 5.91 Å². The SMILES string of the molecule is NC(=O)c1cc(Nc2cc(F)cc(F)c2)c(F)cc1N. The fraction of sp³-hybridized carbons (Fsp3) is 0. The lowest BCUT2D eigenvalue weighted by Gasteiger charge is -2.11. The van der Waals surface area contributed by atoms with Crippen LogP contribution in [0.1, 0.15) is 10.4 Å². The van der Waals surface area contributed by atoms with E-state index in [4.69, 9.17) is 11.5 Å². The highest BCUT2D eigenvalue weighted by Crippen LogP contribution is 2.26. The summed E-state index contributed by atoms with van der Waals surface area (Å²) in [6.07, 6.45) is 0. The van der Waals surface area contributed by atoms with Gasteiger partial charge in [0.1, 0.15) is 17.5 Å². The summed E-state index contributed by atoms with van der Waals surface area (Å²) in [7, 11) is 0. The maximum atomic E-state index is 13.7. The number of benzene rings is 2. The van der Waals surface area contributed by atoms with Crippen LogP contribution < -0.4 is 16.8 Å². The minimum absolute atomic E-state index is 0.0124. The average Bonchev–Trinajstić information content (AvgIpc) is 2.30. The van der Waals surface area contributed by atoms with Crippen molar-refractivity contribution in [2.24, 2.45) is 5.73 Å². The summed E-state index contributed by atoms with van der Waals surface area (Å²) >= 11 is 0. The molecule has 0 unspecified atom stereocenters. The van der Waals surface area contributed by atoms with E-state index in [0.717, 1.165) is 24.3 Å². The standard InChI is InChI=1S/C13H10F3N3O/c14-6-1-7(15)3-8(2-6)19-12-4-9(13(18)20)11(17)5-10(12)16/h1-5,19H,17H2,(H2,18,20). The summed E-state index contributed by atoms with van der Waals surface area (Å²) in [5.74, 6) is -3.26. The van der Waals surface area contributed by atoms with Crippen molar-refractivity contribution in [2.75, 3.05) is 11.1 Å². The molecule has 0 fully saturated rings. The van der Waals surface area contributed by atoms with Crippen molar-refractivity contribution in [3.63, 3.8) is 0 Å². The van der Waals surface area contributed by atoms with Crippen LogP contribution in [0.5, 0.6) is 0 Å². The Morgan fingerprint density at radius 1 is 1.00 bits per heavy atom. The summed E-state index contributed by atoms with van der Waals surface area (Å²) in [5.41, 5.74) is 10.1. The molecule has 2 aromatic carbocycles. The van der Waals surface area contributed by atoms with Crippen molar-refractivity contribution in [1.29, 1.82) is 0 Å². The van der Waals surface area contributed by atoms with Gasteiger partial charge in [0.25, 0.3) is 5.91 Å². The Labute approximate surface area is 112 Å². The zero-order valence-electron chi connectivity index (χ0n) is 10.1. The lowest BCUT2D eigenvalue weighted by atomic mass is 10.1. The summed E-state index contributed by atoms with van der Waals surface area (Å²) < 4.78 is 39.8. The molecule has 0 aromatic heterocycles. The number of halogens is 3. The zero-order valence-corrected chi connectivity index (χ0v) is 10.1. The molecule has 0 saturated carbocycles. The number of anilines is 3. The van der Waals surface area contributed by atoms with E-state index in [9.17, 15) is 18.0 Å². The topological polar surface area (TPSA) is 81.1 Å². The van der Waals surface area contributed by atoms with Crippen LogP contribution in [0.25, 0.3) is 0 Å². The van der Waals surface area contributed by atoms with E-state index in [1.165, 1.54) is 0 Å². The van der Waals surface area contributed by atoms with Gasteiger partial charge in [0.15, 0.2) is 0 Å². The summed E-state index contributed by atoms with van der Waals surface area (Å²) in [6.45, 7) is 0. The van der Waals surface area contributed by atoms with E-state index < -0.39 is 23.4 Å². The molecule has 0 radical (unpaired) electrons. The van der Waals surface area contributed by atoms with Crippen LogP contribution in [0.4, 0.5) is 30.2 Å². The third kappa shape index (κ3) is 2.82. The molecule has 0 spiro atoms. The van der Waals surface area contributed by atoms with Crippen LogP contribution >= 0.6 is 0 Å². The number of nitrogens with one attached hydrogen (secondary N) is 1. The molecule has 5 N–H and O–H groups in total. The van der Waals surface area contributed by atoms with Gasteiger partial charge in [-0.05, 0) is 24.3 Å². The smallest absolute Gasteiger partial charge is 0.250 e. The van der Waals surface area contributed by atoms with E-state index in [0.29, 0.717) is 6.07 Å². The maximum absolute atomic E-state index is 13.7. The number of hydrogen-bond acceptors (Lipinski definition) is 3. The van der Waals surface area contributed by atoms with Gasteiger partial charge < -0.3 is 16.8 Å². The maximum Gasteiger partial charge on any atom is 0.250 e. The molecule has 4 nitrogen and oxygen atoms in total. The fourth-order valence-electron chi connectivity index (χ4n) is 1.68. The van der Waals surface area contributed by atoms with E-state index in [2.05, 4.69) is 5.32 Å². The Bertz CT molecular complexity index is 669.